The smallest absolute Gasteiger partial charge is 0.302 e. The van der Waals surface area contributed by atoms with Crippen molar-refractivity contribution < 1.29 is 22.4 Å². The van der Waals surface area contributed by atoms with E-state index in [0.29, 0.717) is 30.8 Å². The van der Waals surface area contributed by atoms with Crippen LogP contribution >= 0.6 is 0 Å². The first-order valence-electron chi connectivity index (χ1n) is 4.73. The Kier molecular flexibility index (Phi) is 2.29. The molecule has 1 aromatic carbocycles. The third kappa shape index (κ3) is 1.70. The van der Waals surface area contributed by atoms with Gasteiger partial charge >= 0.3 is 6.18 Å². The number of hydrogen-bond donors (Lipinski definition) is 0. The summed E-state index contributed by atoms with van der Waals surface area (Å²) < 4.78 is 50.0. The molecule has 86 valence electrons. The Labute approximate surface area is 89.1 Å². The topological polar surface area (TPSA) is 17.1 Å². The number of halogens is 4. The molecule has 1 aliphatic rings. The van der Waals surface area contributed by atoms with Crippen molar-refractivity contribution in [3.8, 4) is 0 Å². The van der Waals surface area contributed by atoms with E-state index in [9.17, 15) is 22.4 Å². The first-order chi connectivity index (χ1) is 7.39. The molecule has 0 N–H and O–H groups in total. The van der Waals surface area contributed by atoms with Gasteiger partial charge in [0.2, 0.25) is 0 Å². The molecular weight excluding hydrogens is 224 g/mol. The molecule has 2 rings (SSSR count). The summed E-state index contributed by atoms with van der Waals surface area (Å²) in [5, 5.41) is 0. The molecule has 1 saturated carbocycles. The lowest BCUT2D eigenvalue weighted by atomic mass is 9.96. The van der Waals surface area contributed by atoms with Crippen LogP contribution in [0.5, 0.6) is 0 Å². The number of hydrogen-bond acceptors (Lipinski definition) is 1. The summed E-state index contributed by atoms with van der Waals surface area (Å²) in [6, 6.07) is 2.67. The highest BCUT2D eigenvalue weighted by Crippen LogP contribution is 2.47. The van der Waals surface area contributed by atoms with Crippen molar-refractivity contribution in [2.24, 2.45) is 0 Å². The summed E-state index contributed by atoms with van der Waals surface area (Å²) in [5.41, 5.74) is -1.71. The molecule has 0 aromatic heterocycles. The molecule has 0 unspecified atom stereocenters. The number of rotatable bonds is 2. The van der Waals surface area contributed by atoms with Gasteiger partial charge in [0.15, 0.2) is 0 Å². The van der Waals surface area contributed by atoms with E-state index in [1.807, 2.05) is 0 Å². The fraction of sp³-hybridized carbons (Fsp3) is 0.364. The first-order valence-corrected chi connectivity index (χ1v) is 4.73. The van der Waals surface area contributed by atoms with E-state index in [2.05, 4.69) is 0 Å². The maximum atomic E-state index is 13.2. The Hall–Kier alpha value is -1.39. The molecule has 0 bridgehead atoms. The van der Waals surface area contributed by atoms with E-state index >= 15 is 0 Å². The van der Waals surface area contributed by atoms with Gasteiger partial charge in [0.25, 0.3) is 0 Å². The number of carbonyl (C=O) groups is 1. The highest BCUT2D eigenvalue weighted by Gasteiger charge is 2.45. The SMILES string of the molecule is O=CC1(c2ccc(C(F)(F)F)c(F)c2)CC1. The minimum Gasteiger partial charge on any atom is -0.302 e. The third-order valence-electron chi connectivity index (χ3n) is 2.86. The molecule has 0 heterocycles. The second kappa shape index (κ2) is 3.30. The summed E-state index contributed by atoms with van der Waals surface area (Å²) in [7, 11) is 0. The van der Waals surface area contributed by atoms with Gasteiger partial charge in [-0.3, -0.25) is 0 Å². The lowest BCUT2D eigenvalue weighted by Crippen LogP contribution is -2.12. The quantitative estimate of drug-likeness (QED) is 0.565. The first kappa shape index (κ1) is 11.1. The zero-order valence-corrected chi connectivity index (χ0v) is 8.14. The van der Waals surface area contributed by atoms with Crippen LogP contribution < -0.4 is 0 Å². The zero-order chi connectivity index (χ0) is 12.0. The molecule has 1 nitrogen and oxygen atoms in total. The molecule has 1 aliphatic carbocycles. The van der Waals surface area contributed by atoms with Crippen LogP contribution in [0.1, 0.15) is 24.0 Å². The van der Waals surface area contributed by atoms with Gasteiger partial charge in [0, 0.05) is 0 Å². The number of aldehydes is 1. The van der Waals surface area contributed by atoms with Crippen molar-refractivity contribution >= 4 is 6.29 Å². The second-order valence-corrected chi connectivity index (χ2v) is 3.97. The minimum absolute atomic E-state index is 0.327. The number of carbonyl (C=O) groups excluding carboxylic acids is 1. The maximum absolute atomic E-state index is 13.2. The summed E-state index contributed by atoms with van der Waals surface area (Å²) in [5.74, 6) is -1.32. The summed E-state index contributed by atoms with van der Waals surface area (Å²) >= 11 is 0. The molecule has 0 aliphatic heterocycles. The van der Waals surface area contributed by atoms with Gasteiger partial charge in [-0.05, 0) is 30.5 Å². The standard InChI is InChI=1S/C11H8F4O/c12-9-5-7(10(6-16)3-4-10)1-2-8(9)11(13,14)15/h1-2,5-6H,3-4H2. The predicted molar refractivity (Wildman–Crippen MR) is 48.4 cm³/mol. The lowest BCUT2D eigenvalue weighted by Gasteiger charge is -2.12. The van der Waals surface area contributed by atoms with Crippen LogP contribution in [0.15, 0.2) is 18.2 Å². The van der Waals surface area contributed by atoms with Crippen LogP contribution in [0.4, 0.5) is 17.6 Å². The van der Waals surface area contributed by atoms with E-state index < -0.39 is 23.0 Å². The van der Waals surface area contributed by atoms with Crippen LogP contribution in [-0.2, 0) is 16.4 Å². The fourth-order valence-electron chi connectivity index (χ4n) is 1.66. The maximum Gasteiger partial charge on any atom is 0.419 e. The van der Waals surface area contributed by atoms with Gasteiger partial charge in [-0.15, -0.1) is 0 Å². The summed E-state index contributed by atoms with van der Waals surface area (Å²) in [4.78, 5) is 10.7. The van der Waals surface area contributed by atoms with E-state index in [1.165, 1.54) is 6.07 Å². The third-order valence-corrected chi connectivity index (χ3v) is 2.86. The molecule has 5 heteroatoms. The Morgan fingerprint density at radius 2 is 1.88 bits per heavy atom. The molecule has 1 aromatic rings. The predicted octanol–water partition coefficient (Wildman–Crippen LogP) is 3.08. The van der Waals surface area contributed by atoms with Gasteiger partial charge in [-0.1, -0.05) is 6.07 Å². The van der Waals surface area contributed by atoms with Crippen molar-refractivity contribution in [2.75, 3.05) is 0 Å². The monoisotopic (exact) mass is 232 g/mol. The Balaban J connectivity index is 2.41. The van der Waals surface area contributed by atoms with Crippen molar-refractivity contribution in [3.05, 3.63) is 35.1 Å². The fourth-order valence-corrected chi connectivity index (χ4v) is 1.66. The molecule has 0 spiro atoms. The molecule has 0 saturated heterocycles. The zero-order valence-electron chi connectivity index (χ0n) is 8.14. The molecule has 16 heavy (non-hydrogen) atoms. The van der Waals surface area contributed by atoms with E-state index in [1.54, 1.807) is 0 Å². The lowest BCUT2D eigenvalue weighted by molar-refractivity contribution is -0.140. The van der Waals surface area contributed by atoms with Crippen molar-refractivity contribution in [2.45, 2.75) is 24.4 Å². The molecular formula is C11H8F4O. The Morgan fingerprint density at radius 1 is 1.25 bits per heavy atom. The van der Waals surface area contributed by atoms with E-state index in [-0.39, 0.29) is 0 Å². The van der Waals surface area contributed by atoms with Crippen molar-refractivity contribution in [3.63, 3.8) is 0 Å². The van der Waals surface area contributed by atoms with Crippen LogP contribution in [0.25, 0.3) is 0 Å². The van der Waals surface area contributed by atoms with Gasteiger partial charge in [-0.25, -0.2) is 4.39 Å². The van der Waals surface area contributed by atoms with Crippen molar-refractivity contribution in [1.82, 2.24) is 0 Å². The number of alkyl halides is 3. The highest BCUT2D eigenvalue weighted by molar-refractivity contribution is 5.73. The van der Waals surface area contributed by atoms with Crippen LogP contribution in [0.3, 0.4) is 0 Å². The van der Waals surface area contributed by atoms with Gasteiger partial charge in [0.05, 0.1) is 11.0 Å². The van der Waals surface area contributed by atoms with Gasteiger partial charge in [-0.2, -0.15) is 13.2 Å². The average molecular weight is 232 g/mol. The van der Waals surface area contributed by atoms with Crippen LogP contribution in [0.2, 0.25) is 0 Å². The second-order valence-electron chi connectivity index (χ2n) is 3.97. The largest absolute Gasteiger partial charge is 0.419 e. The minimum atomic E-state index is -4.69. The summed E-state index contributed by atoms with van der Waals surface area (Å²) in [6.45, 7) is 0. The van der Waals surface area contributed by atoms with Gasteiger partial charge in [0.1, 0.15) is 12.1 Å². The molecule has 0 amide bonds. The number of benzene rings is 1. The molecule has 0 atom stereocenters. The molecule has 0 radical (unpaired) electrons. The van der Waals surface area contributed by atoms with Crippen LogP contribution in [-0.4, -0.2) is 6.29 Å². The Morgan fingerprint density at radius 3 is 2.25 bits per heavy atom. The normalized spacial score (nSPS) is 18.2. The van der Waals surface area contributed by atoms with Crippen molar-refractivity contribution in [1.29, 1.82) is 0 Å². The highest BCUT2D eigenvalue weighted by atomic mass is 19.4. The van der Waals surface area contributed by atoms with E-state index in [0.717, 1.165) is 6.07 Å². The van der Waals surface area contributed by atoms with Gasteiger partial charge < -0.3 is 4.79 Å². The average Bonchev–Trinajstić information content (AvgIpc) is 2.96. The van der Waals surface area contributed by atoms with Crippen LogP contribution in [0, 0.1) is 5.82 Å². The van der Waals surface area contributed by atoms with E-state index in [4.69, 9.17) is 0 Å². The summed E-state index contributed by atoms with van der Waals surface area (Å²) in [6.07, 6.45) is -2.88. The Bertz CT molecular complexity index is 432. The molecule has 1 fully saturated rings.